The van der Waals surface area contributed by atoms with Crippen molar-refractivity contribution in [2.45, 2.75) is 25.7 Å². The highest BCUT2D eigenvalue weighted by atomic mass is 127. The Morgan fingerprint density at radius 3 is 1.91 bits per heavy atom. The summed E-state index contributed by atoms with van der Waals surface area (Å²) in [6.45, 7) is 3.51. The van der Waals surface area contributed by atoms with Gasteiger partial charge in [-0.1, -0.05) is 72.3 Å². The van der Waals surface area contributed by atoms with Gasteiger partial charge in [0, 0.05) is 23.8 Å². The molecule has 6 heteroatoms. The maximum atomic E-state index is 12.0. The summed E-state index contributed by atoms with van der Waals surface area (Å²) in [5, 5.41) is 0.765. The lowest BCUT2D eigenvalue weighted by Gasteiger charge is -2.25. The predicted octanol–water partition coefficient (Wildman–Crippen LogP) is 6.41. The fraction of sp³-hybridized carbons (Fsp3) is 0.296. The van der Waals surface area contributed by atoms with E-state index in [1.807, 2.05) is 42.5 Å². The number of carbonyl (C=O) groups excluding carboxylic acids is 1. The van der Waals surface area contributed by atoms with Crippen molar-refractivity contribution in [2.75, 3.05) is 31.1 Å². The number of nitrogens with two attached hydrogens (primary N) is 1. The zero-order valence-electron chi connectivity index (χ0n) is 18.9. The second kappa shape index (κ2) is 14.9. The third-order valence-electron chi connectivity index (χ3n) is 5.60. The Labute approximate surface area is 219 Å². The van der Waals surface area contributed by atoms with Gasteiger partial charge in [-0.05, 0) is 74.2 Å². The summed E-state index contributed by atoms with van der Waals surface area (Å²) < 4.78 is 0. The van der Waals surface area contributed by atoms with Crippen LogP contribution < -0.4 is 10.6 Å². The van der Waals surface area contributed by atoms with E-state index in [1.54, 1.807) is 4.90 Å². The van der Waals surface area contributed by atoms with Gasteiger partial charge in [-0.15, -0.1) is 24.0 Å². The lowest BCUT2D eigenvalue weighted by atomic mass is 10.1. The molecule has 0 spiro atoms. The number of amides is 2. The van der Waals surface area contributed by atoms with Crippen molar-refractivity contribution in [3.63, 3.8) is 0 Å². The summed E-state index contributed by atoms with van der Waals surface area (Å²) in [4.78, 5) is 16.1. The van der Waals surface area contributed by atoms with Crippen molar-refractivity contribution in [1.82, 2.24) is 4.90 Å². The topological polar surface area (TPSA) is 49.6 Å². The van der Waals surface area contributed by atoms with Crippen LogP contribution in [0.1, 0.15) is 24.0 Å². The molecule has 0 radical (unpaired) electrons. The largest absolute Gasteiger partial charge is 0.351 e. The number of anilines is 1. The number of hydrogen-bond acceptors (Lipinski definition) is 2. The van der Waals surface area contributed by atoms with Crippen LogP contribution in [0.5, 0.6) is 0 Å². The summed E-state index contributed by atoms with van der Waals surface area (Å²) in [7, 11) is 0. The SMILES string of the molecule is I.NC(=O)N(CCCN(CCCc1ccccc1)CCc1ccc(Cl)cc1)c1ccccc1. The summed E-state index contributed by atoms with van der Waals surface area (Å²) in [5.74, 6) is 0. The molecule has 0 bridgehead atoms. The van der Waals surface area contributed by atoms with E-state index in [4.69, 9.17) is 17.3 Å². The second-order valence-corrected chi connectivity index (χ2v) is 8.42. The summed E-state index contributed by atoms with van der Waals surface area (Å²) >= 11 is 6.02. The van der Waals surface area contributed by atoms with Crippen molar-refractivity contribution >= 4 is 47.3 Å². The molecular weight excluding hydrogens is 545 g/mol. The highest BCUT2D eigenvalue weighted by Crippen LogP contribution is 2.14. The molecule has 0 aliphatic rings. The number of carbonyl (C=O) groups is 1. The molecule has 0 saturated heterocycles. The molecule has 3 aromatic rings. The van der Waals surface area contributed by atoms with Gasteiger partial charge in [0.15, 0.2) is 0 Å². The maximum Gasteiger partial charge on any atom is 0.319 e. The molecule has 0 heterocycles. The number of primary amides is 1. The fourth-order valence-corrected chi connectivity index (χ4v) is 3.98. The van der Waals surface area contributed by atoms with E-state index in [0.717, 1.165) is 56.0 Å². The van der Waals surface area contributed by atoms with Crippen LogP contribution in [-0.2, 0) is 12.8 Å². The number of hydrogen-bond donors (Lipinski definition) is 1. The van der Waals surface area contributed by atoms with Gasteiger partial charge < -0.3 is 10.6 Å². The number of halogens is 2. The molecule has 2 amide bonds. The van der Waals surface area contributed by atoms with E-state index < -0.39 is 6.03 Å². The van der Waals surface area contributed by atoms with Crippen molar-refractivity contribution in [3.05, 3.63) is 101 Å². The van der Waals surface area contributed by atoms with E-state index in [0.29, 0.717) is 6.54 Å². The van der Waals surface area contributed by atoms with Crippen molar-refractivity contribution < 1.29 is 4.79 Å². The number of para-hydroxylation sites is 1. The van der Waals surface area contributed by atoms with E-state index in [-0.39, 0.29) is 24.0 Å². The normalized spacial score (nSPS) is 10.6. The Hall–Kier alpha value is -2.09. The second-order valence-electron chi connectivity index (χ2n) is 7.99. The zero-order valence-corrected chi connectivity index (χ0v) is 22.0. The molecule has 0 aliphatic carbocycles. The van der Waals surface area contributed by atoms with Gasteiger partial charge in [0.05, 0.1) is 0 Å². The van der Waals surface area contributed by atoms with E-state index >= 15 is 0 Å². The van der Waals surface area contributed by atoms with Gasteiger partial charge in [-0.2, -0.15) is 0 Å². The number of rotatable bonds is 12. The molecule has 4 nitrogen and oxygen atoms in total. The Balaban J connectivity index is 0.00000385. The Kier molecular flexibility index (Phi) is 12.3. The third kappa shape index (κ3) is 9.74. The predicted molar refractivity (Wildman–Crippen MR) is 150 cm³/mol. The minimum absolute atomic E-state index is 0. The first-order valence-electron chi connectivity index (χ1n) is 11.2. The lowest BCUT2D eigenvalue weighted by molar-refractivity contribution is 0.251. The van der Waals surface area contributed by atoms with Crippen molar-refractivity contribution in [3.8, 4) is 0 Å². The zero-order chi connectivity index (χ0) is 22.6. The van der Waals surface area contributed by atoms with Crippen LogP contribution in [0, 0.1) is 0 Å². The standard InChI is InChI=1S/C27H32ClN3O.HI/c28-25-16-14-24(15-17-25)18-22-30(19-7-11-23-9-3-1-4-10-23)20-8-21-31(27(29)32)26-12-5-2-6-13-26;/h1-6,9-10,12-17H,7-8,11,18-22H2,(H2,29,32);1H. The first kappa shape index (κ1) is 27.2. The number of aryl methyl sites for hydroxylation is 1. The molecule has 0 atom stereocenters. The molecule has 3 rings (SSSR count). The molecule has 0 fully saturated rings. The minimum atomic E-state index is -0.409. The third-order valence-corrected chi connectivity index (χ3v) is 5.85. The number of urea groups is 1. The molecule has 0 saturated carbocycles. The van der Waals surface area contributed by atoms with Gasteiger partial charge in [0.1, 0.15) is 0 Å². The monoisotopic (exact) mass is 577 g/mol. The van der Waals surface area contributed by atoms with Crippen LogP contribution in [-0.4, -0.2) is 37.1 Å². The van der Waals surface area contributed by atoms with Gasteiger partial charge in [-0.25, -0.2) is 4.79 Å². The van der Waals surface area contributed by atoms with Crippen LogP contribution in [0.25, 0.3) is 0 Å². The molecule has 3 aromatic carbocycles. The molecule has 0 unspecified atom stereocenters. The Morgan fingerprint density at radius 1 is 0.697 bits per heavy atom. The molecule has 2 N–H and O–H groups in total. The first-order valence-corrected chi connectivity index (χ1v) is 11.6. The van der Waals surface area contributed by atoms with E-state index in [2.05, 4.69) is 47.4 Å². The molecule has 0 aliphatic heterocycles. The summed E-state index contributed by atoms with van der Waals surface area (Å²) in [6, 6.07) is 27.9. The minimum Gasteiger partial charge on any atom is -0.351 e. The Morgan fingerprint density at radius 2 is 1.27 bits per heavy atom. The molecule has 33 heavy (non-hydrogen) atoms. The quantitative estimate of drug-likeness (QED) is 0.253. The van der Waals surface area contributed by atoms with Gasteiger partial charge in [-0.3, -0.25) is 4.90 Å². The average molecular weight is 578 g/mol. The van der Waals surface area contributed by atoms with Crippen LogP contribution in [0.2, 0.25) is 5.02 Å². The number of nitrogens with zero attached hydrogens (tertiary/aromatic N) is 2. The van der Waals surface area contributed by atoms with Crippen LogP contribution in [0.15, 0.2) is 84.9 Å². The highest BCUT2D eigenvalue weighted by Gasteiger charge is 2.13. The van der Waals surface area contributed by atoms with Crippen LogP contribution in [0.3, 0.4) is 0 Å². The summed E-state index contributed by atoms with van der Waals surface area (Å²) in [6.07, 6.45) is 4.00. The van der Waals surface area contributed by atoms with Crippen molar-refractivity contribution in [2.24, 2.45) is 5.73 Å². The molecular formula is C27H33ClIN3O. The van der Waals surface area contributed by atoms with Crippen molar-refractivity contribution in [1.29, 1.82) is 0 Å². The van der Waals surface area contributed by atoms with Crippen LogP contribution >= 0.6 is 35.6 Å². The summed E-state index contributed by atoms with van der Waals surface area (Å²) in [5.41, 5.74) is 9.14. The van der Waals surface area contributed by atoms with E-state index in [9.17, 15) is 4.79 Å². The molecule has 176 valence electrons. The van der Waals surface area contributed by atoms with Crippen LogP contribution in [0.4, 0.5) is 10.5 Å². The fourth-order valence-electron chi connectivity index (χ4n) is 3.85. The average Bonchev–Trinajstić information content (AvgIpc) is 2.82. The van der Waals surface area contributed by atoms with Gasteiger partial charge in [0.25, 0.3) is 0 Å². The highest BCUT2D eigenvalue weighted by molar-refractivity contribution is 14.0. The molecule has 0 aromatic heterocycles. The maximum absolute atomic E-state index is 12.0. The van der Waals surface area contributed by atoms with Gasteiger partial charge >= 0.3 is 6.03 Å². The smallest absolute Gasteiger partial charge is 0.319 e. The first-order chi connectivity index (χ1) is 15.6. The number of benzene rings is 3. The lowest BCUT2D eigenvalue weighted by Crippen LogP contribution is -2.38. The Bertz CT molecular complexity index is 939. The van der Waals surface area contributed by atoms with Gasteiger partial charge in [0.2, 0.25) is 0 Å². The van der Waals surface area contributed by atoms with E-state index in [1.165, 1.54) is 11.1 Å².